The minimum Gasteiger partial charge on any atom is -1.00 e. The zero-order valence-corrected chi connectivity index (χ0v) is 9.46. The minimum absolute atomic E-state index is 0. The van der Waals surface area contributed by atoms with Crippen LogP contribution in [-0.4, -0.2) is 23.1 Å². The number of halogens is 2. The van der Waals surface area contributed by atoms with Crippen LogP contribution in [0.15, 0.2) is 0 Å². The van der Waals surface area contributed by atoms with E-state index in [1.807, 2.05) is 0 Å². The maximum atomic E-state index is 2.18. The van der Waals surface area contributed by atoms with Crippen molar-refractivity contribution < 1.29 is 34.0 Å². The molecular weight excluding hydrogens is 232 g/mol. The molecule has 0 aromatic heterocycles. The normalized spacial score (nSPS) is 4.29. The molecule has 0 rings (SSSR count). The van der Waals surface area contributed by atoms with Crippen molar-refractivity contribution >= 4 is 23.1 Å². The summed E-state index contributed by atoms with van der Waals surface area (Å²) < 4.78 is 0. The van der Waals surface area contributed by atoms with Gasteiger partial charge < -0.3 is 34.0 Å². The summed E-state index contributed by atoms with van der Waals surface area (Å²) >= 11 is 0. The van der Waals surface area contributed by atoms with Gasteiger partial charge in [0.1, 0.15) is 0 Å². The molecule has 0 saturated carbocycles. The zero-order valence-electron chi connectivity index (χ0n) is 4.88. The van der Waals surface area contributed by atoms with Gasteiger partial charge in [0.2, 0.25) is 0 Å². The summed E-state index contributed by atoms with van der Waals surface area (Å²) in [6.45, 7) is 4.36. The van der Waals surface area contributed by atoms with E-state index in [1.54, 1.807) is 0 Å². The molecule has 3 heteroatoms. The second-order valence-electron chi connectivity index (χ2n) is 1.000. The van der Waals surface area contributed by atoms with E-state index in [0.29, 0.717) is 0 Å². The van der Waals surface area contributed by atoms with Gasteiger partial charge in [-0.3, -0.25) is 0 Å². The fourth-order valence-corrected chi connectivity index (χ4v) is 0. The van der Waals surface area contributed by atoms with Crippen LogP contribution in [0.3, 0.4) is 0 Å². The van der Waals surface area contributed by atoms with Crippen LogP contribution in [0.25, 0.3) is 0 Å². The molecule has 0 bridgehead atoms. The molecule has 0 saturated heterocycles. The smallest absolute Gasteiger partial charge is 1.00 e. The summed E-state index contributed by atoms with van der Waals surface area (Å²) in [5.74, 6) is 0. The molecule has 0 nitrogen and oxygen atoms in total. The summed E-state index contributed by atoms with van der Waals surface area (Å²) in [5, 5.41) is 0. The van der Waals surface area contributed by atoms with Crippen LogP contribution in [-0.2, 0) is 0 Å². The quantitative estimate of drug-likeness (QED) is 0.406. The Morgan fingerprint density at radius 2 is 1.00 bits per heavy atom. The van der Waals surface area contributed by atoms with Crippen molar-refractivity contribution in [1.29, 1.82) is 0 Å². The molecule has 42 valence electrons. The van der Waals surface area contributed by atoms with Crippen molar-refractivity contribution in [3.8, 4) is 0 Å². The van der Waals surface area contributed by atoms with Crippen molar-refractivity contribution in [2.45, 2.75) is 26.7 Å². The van der Waals surface area contributed by atoms with E-state index in [-0.39, 0.29) is 57.0 Å². The number of hydrogen-bond acceptors (Lipinski definition) is 0. The predicted molar refractivity (Wildman–Crippen MR) is 26.3 cm³/mol. The Morgan fingerprint density at radius 3 is 1.00 bits per heavy atom. The van der Waals surface area contributed by atoms with E-state index in [4.69, 9.17) is 0 Å². The molecule has 0 spiro atoms. The average molecular weight is 242 g/mol. The van der Waals surface area contributed by atoms with Crippen molar-refractivity contribution in [2.24, 2.45) is 0 Å². The average Bonchev–Trinajstić information content (AvgIpc) is 1.37. The molecule has 0 aromatic carbocycles. The monoisotopic (exact) mass is 240 g/mol. The Bertz CT molecular complexity index is 11.7. The molecule has 0 N–H and O–H groups in total. The first-order valence-electron chi connectivity index (χ1n) is 1.91. The Hall–Kier alpha value is 1.73. The first-order chi connectivity index (χ1) is 1.91. The van der Waals surface area contributed by atoms with Gasteiger partial charge in [-0.1, -0.05) is 26.7 Å². The number of hydrogen-bond donors (Lipinski definition) is 0. The largest absolute Gasteiger partial charge is 2.00 e. The third-order valence-corrected chi connectivity index (χ3v) is 0.500. The Labute approximate surface area is 83.1 Å². The van der Waals surface area contributed by atoms with Gasteiger partial charge in [0.05, 0.1) is 0 Å². The molecule has 7 heavy (non-hydrogen) atoms. The third-order valence-electron chi connectivity index (χ3n) is 0.500. The van der Waals surface area contributed by atoms with Crippen LogP contribution in [0.5, 0.6) is 0 Å². The Morgan fingerprint density at radius 1 is 0.857 bits per heavy atom. The second kappa shape index (κ2) is 25.2. The van der Waals surface area contributed by atoms with Gasteiger partial charge in [-0.05, 0) is 0 Å². The van der Waals surface area contributed by atoms with Crippen LogP contribution in [0, 0.1) is 0 Å². The minimum atomic E-state index is 0. The molecule has 0 aliphatic rings. The predicted octanol–water partition coefficient (Wildman–Crippen LogP) is -4.57. The van der Waals surface area contributed by atoms with Gasteiger partial charge in [-0.15, -0.1) is 0 Å². The van der Waals surface area contributed by atoms with Crippen molar-refractivity contribution in [3.63, 3.8) is 0 Å². The summed E-state index contributed by atoms with van der Waals surface area (Å²) in [6, 6.07) is 0. The molecule has 0 aliphatic heterocycles. The van der Waals surface area contributed by atoms with E-state index < -0.39 is 0 Å². The van der Waals surface area contributed by atoms with Crippen LogP contribution < -0.4 is 34.0 Å². The van der Waals surface area contributed by atoms with E-state index in [2.05, 4.69) is 13.8 Å². The fraction of sp³-hybridized carbons (Fsp3) is 1.00. The molecule has 0 atom stereocenters. The van der Waals surface area contributed by atoms with E-state index in [9.17, 15) is 0 Å². The molecule has 0 fully saturated rings. The van der Waals surface area contributed by atoms with Crippen LogP contribution >= 0.6 is 0 Å². The standard InChI is InChI=1S/C4H10.2BrH.Mg/c1-3-4-2;;;/h3-4H2,1-2H3;2*1H;/q;;;+2/p-2. The summed E-state index contributed by atoms with van der Waals surface area (Å²) in [5.41, 5.74) is 0. The summed E-state index contributed by atoms with van der Waals surface area (Å²) in [4.78, 5) is 0. The topological polar surface area (TPSA) is 0 Å². The molecular formula is C4H10Br2Mg. The van der Waals surface area contributed by atoms with Crippen LogP contribution in [0.4, 0.5) is 0 Å². The zero-order chi connectivity index (χ0) is 3.41. The van der Waals surface area contributed by atoms with Crippen molar-refractivity contribution in [1.82, 2.24) is 0 Å². The second-order valence-corrected chi connectivity index (χ2v) is 1.000. The molecule has 0 unspecified atom stereocenters. The number of rotatable bonds is 1. The molecule has 0 amide bonds. The first-order valence-corrected chi connectivity index (χ1v) is 1.91. The van der Waals surface area contributed by atoms with Gasteiger partial charge in [0, 0.05) is 0 Å². The summed E-state index contributed by atoms with van der Waals surface area (Å²) in [7, 11) is 0. The molecule has 0 heterocycles. The van der Waals surface area contributed by atoms with E-state index in [1.165, 1.54) is 12.8 Å². The van der Waals surface area contributed by atoms with Gasteiger partial charge >= 0.3 is 23.1 Å². The molecule has 0 aromatic rings. The fourth-order valence-electron chi connectivity index (χ4n) is 0. The molecule has 0 radical (unpaired) electrons. The van der Waals surface area contributed by atoms with Crippen molar-refractivity contribution in [2.75, 3.05) is 0 Å². The maximum Gasteiger partial charge on any atom is 2.00 e. The third kappa shape index (κ3) is 34.1. The van der Waals surface area contributed by atoms with Crippen molar-refractivity contribution in [3.05, 3.63) is 0 Å². The maximum absolute atomic E-state index is 2.18. The Balaban J connectivity index is -0.0000000150. The first kappa shape index (κ1) is 23.3. The Kier molecular flexibility index (Phi) is 83.9. The number of unbranched alkanes of at least 4 members (excludes halogenated alkanes) is 1. The van der Waals surface area contributed by atoms with Gasteiger partial charge in [0.15, 0.2) is 0 Å². The van der Waals surface area contributed by atoms with E-state index in [0.717, 1.165) is 0 Å². The van der Waals surface area contributed by atoms with Gasteiger partial charge in [-0.2, -0.15) is 0 Å². The summed E-state index contributed by atoms with van der Waals surface area (Å²) in [6.07, 6.45) is 2.64. The van der Waals surface area contributed by atoms with E-state index >= 15 is 0 Å². The van der Waals surface area contributed by atoms with Crippen LogP contribution in [0.2, 0.25) is 0 Å². The van der Waals surface area contributed by atoms with Gasteiger partial charge in [0.25, 0.3) is 0 Å². The van der Waals surface area contributed by atoms with Crippen LogP contribution in [0.1, 0.15) is 26.7 Å². The SMILES string of the molecule is CCCC.[Br-].[Br-].[Mg+2]. The van der Waals surface area contributed by atoms with Gasteiger partial charge in [-0.25, -0.2) is 0 Å². The molecule has 0 aliphatic carbocycles.